The molecule has 1 unspecified atom stereocenters. The lowest BCUT2D eigenvalue weighted by atomic mass is 9.81. The van der Waals surface area contributed by atoms with Crippen molar-refractivity contribution in [1.29, 1.82) is 0 Å². The van der Waals surface area contributed by atoms with Gasteiger partial charge in [0, 0.05) is 24.6 Å². The molecule has 1 aliphatic heterocycles. The monoisotopic (exact) mass is 255 g/mol. The normalized spacial score (nSPS) is 38.0. The van der Waals surface area contributed by atoms with Gasteiger partial charge in [-0.05, 0) is 51.5 Å². The maximum atomic E-state index is 9.72. The molecule has 3 nitrogen and oxygen atoms in total. The topological polar surface area (TPSA) is 32.7 Å². The van der Waals surface area contributed by atoms with Gasteiger partial charge in [-0.2, -0.15) is 0 Å². The highest BCUT2D eigenvalue weighted by atomic mass is 16.5. The Morgan fingerprint density at radius 1 is 1.28 bits per heavy atom. The van der Waals surface area contributed by atoms with E-state index in [0.29, 0.717) is 6.04 Å². The van der Waals surface area contributed by atoms with E-state index in [1.54, 1.807) is 0 Å². The van der Waals surface area contributed by atoms with Crippen molar-refractivity contribution in [2.24, 2.45) is 11.3 Å². The van der Waals surface area contributed by atoms with Gasteiger partial charge in [-0.1, -0.05) is 6.92 Å². The number of hydrogen-bond donors (Lipinski definition) is 1. The van der Waals surface area contributed by atoms with Crippen LogP contribution in [0, 0.1) is 11.3 Å². The van der Waals surface area contributed by atoms with Crippen molar-refractivity contribution in [1.82, 2.24) is 4.90 Å². The van der Waals surface area contributed by atoms with Crippen LogP contribution in [-0.4, -0.2) is 49.5 Å². The Balaban J connectivity index is 1.86. The number of aliphatic hydroxyl groups is 1. The summed E-state index contributed by atoms with van der Waals surface area (Å²) < 4.78 is 5.59. The molecule has 1 aliphatic carbocycles. The summed E-state index contributed by atoms with van der Waals surface area (Å²) in [6, 6.07) is 0.714. The molecule has 0 aromatic heterocycles. The van der Waals surface area contributed by atoms with Crippen molar-refractivity contribution in [2.45, 2.75) is 51.5 Å². The fourth-order valence-electron chi connectivity index (χ4n) is 3.55. The van der Waals surface area contributed by atoms with Gasteiger partial charge in [0.15, 0.2) is 0 Å². The van der Waals surface area contributed by atoms with Crippen molar-refractivity contribution in [3.05, 3.63) is 0 Å². The Hall–Kier alpha value is -0.120. The molecule has 106 valence electrons. The molecule has 1 N–H and O–H groups in total. The van der Waals surface area contributed by atoms with E-state index in [2.05, 4.69) is 18.9 Å². The van der Waals surface area contributed by atoms with Gasteiger partial charge in [0.05, 0.1) is 13.2 Å². The Morgan fingerprint density at radius 2 is 2.00 bits per heavy atom. The summed E-state index contributed by atoms with van der Waals surface area (Å²) in [7, 11) is 2.23. The van der Waals surface area contributed by atoms with Crippen LogP contribution in [-0.2, 0) is 4.74 Å². The van der Waals surface area contributed by atoms with E-state index in [-0.39, 0.29) is 12.0 Å². The van der Waals surface area contributed by atoms with Crippen molar-refractivity contribution < 1.29 is 9.84 Å². The van der Waals surface area contributed by atoms with Crippen molar-refractivity contribution in [3.63, 3.8) is 0 Å². The van der Waals surface area contributed by atoms with Gasteiger partial charge in [0.2, 0.25) is 0 Å². The van der Waals surface area contributed by atoms with E-state index in [1.165, 1.54) is 25.7 Å². The highest BCUT2D eigenvalue weighted by Gasteiger charge is 2.35. The van der Waals surface area contributed by atoms with E-state index >= 15 is 0 Å². The van der Waals surface area contributed by atoms with Crippen LogP contribution < -0.4 is 0 Å². The average Bonchev–Trinajstić information content (AvgIpc) is 2.40. The molecule has 2 fully saturated rings. The Bertz CT molecular complexity index is 243. The highest BCUT2D eigenvalue weighted by Crippen LogP contribution is 2.32. The summed E-state index contributed by atoms with van der Waals surface area (Å²) in [6.07, 6.45) is 7.56. The second-order valence-corrected chi connectivity index (χ2v) is 6.64. The van der Waals surface area contributed by atoms with Gasteiger partial charge in [-0.25, -0.2) is 0 Å². The second-order valence-electron chi connectivity index (χ2n) is 6.64. The van der Waals surface area contributed by atoms with E-state index in [0.717, 1.165) is 38.5 Å². The third-order valence-corrected chi connectivity index (χ3v) is 4.93. The van der Waals surface area contributed by atoms with E-state index in [9.17, 15) is 5.11 Å². The molecule has 0 radical (unpaired) electrons. The standard InChI is InChI=1S/C15H29NO2/c1-13-4-6-14(7-5-13)16(2)10-15(11-17)8-3-9-18-12-15/h13-14,17H,3-12H2,1-2H3. The second kappa shape index (κ2) is 6.36. The summed E-state index contributed by atoms with van der Waals surface area (Å²) in [6.45, 7) is 5.22. The predicted molar refractivity (Wildman–Crippen MR) is 73.6 cm³/mol. The zero-order chi connectivity index (χ0) is 13.0. The van der Waals surface area contributed by atoms with Gasteiger partial charge in [0.1, 0.15) is 0 Å². The molecule has 3 heteroatoms. The van der Waals surface area contributed by atoms with Crippen LogP contribution in [0.2, 0.25) is 0 Å². The number of rotatable bonds is 4. The molecule has 0 bridgehead atoms. The van der Waals surface area contributed by atoms with Gasteiger partial charge < -0.3 is 14.7 Å². The van der Waals surface area contributed by atoms with Crippen molar-refractivity contribution in [3.8, 4) is 0 Å². The van der Waals surface area contributed by atoms with Crippen LogP contribution in [0.15, 0.2) is 0 Å². The van der Waals surface area contributed by atoms with Gasteiger partial charge in [0.25, 0.3) is 0 Å². The Morgan fingerprint density at radius 3 is 2.56 bits per heavy atom. The lowest BCUT2D eigenvalue weighted by Crippen LogP contribution is -2.48. The molecule has 0 aromatic carbocycles. The lowest BCUT2D eigenvalue weighted by molar-refractivity contribution is -0.0592. The van der Waals surface area contributed by atoms with E-state index in [1.807, 2.05) is 0 Å². The Labute approximate surface area is 112 Å². The first-order chi connectivity index (χ1) is 8.65. The molecule has 2 aliphatic rings. The minimum Gasteiger partial charge on any atom is -0.396 e. The summed E-state index contributed by atoms with van der Waals surface area (Å²) in [5, 5.41) is 9.72. The third kappa shape index (κ3) is 3.46. The largest absolute Gasteiger partial charge is 0.396 e. The predicted octanol–water partition coefficient (Wildman–Crippen LogP) is 2.29. The molecule has 1 atom stereocenters. The number of nitrogens with zero attached hydrogens (tertiary/aromatic N) is 1. The maximum absolute atomic E-state index is 9.72. The molecule has 0 spiro atoms. The quantitative estimate of drug-likeness (QED) is 0.836. The fraction of sp³-hybridized carbons (Fsp3) is 1.00. The minimum absolute atomic E-state index is 0.00391. The van der Waals surface area contributed by atoms with E-state index < -0.39 is 0 Å². The van der Waals surface area contributed by atoms with Crippen molar-refractivity contribution in [2.75, 3.05) is 33.4 Å². The SMILES string of the molecule is CC1CCC(N(C)CC2(CO)CCCOC2)CC1. The molecule has 1 heterocycles. The molecular formula is C15H29NO2. The van der Waals surface area contributed by atoms with Gasteiger partial charge in [-0.3, -0.25) is 0 Å². The smallest absolute Gasteiger partial charge is 0.0556 e. The van der Waals surface area contributed by atoms with Crippen LogP contribution in [0.25, 0.3) is 0 Å². The van der Waals surface area contributed by atoms with Crippen LogP contribution >= 0.6 is 0 Å². The average molecular weight is 255 g/mol. The molecule has 0 amide bonds. The fourth-order valence-corrected chi connectivity index (χ4v) is 3.55. The van der Waals surface area contributed by atoms with Gasteiger partial charge >= 0.3 is 0 Å². The summed E-state index contributed by atoms with van der Waals surface area (Å²) in [4.78, 5) is 2.48. The first kappa shape index (κ1) is 14.3. The van der Waals surface area contributed by atoms with Crippen LogP contribution in [0.5, 0.6) is 0 Å². The van der Waals surface area contributed by atoms with E-state index in [4.69, 9.17) is 4.74 Å². The Kier molecular flexibility index (Phi) is 5.05. The first-order valence-electron chi connectivity index (χ1n) is 7.54. The molecule has 1 saturated carbocycles. The summed E-state index contributed by atoms with van der Waals surface area (Å²) >= 11 is 0. The molecule has 2 rings (SSSR count). The maximum Gasteiger partial charge on any atom is 0.0556 e. The molecule has 0 aromatic rings. The third-order valence-electron chi connectivity index (χ3n) is 4.93. The number of ether oxygens (including phenoxy) is 1. The van der Waals surface area contributed by atoms with Crippen LogP contribution in [0.4, 0.5) is 0 Å². The molecule has 1 saturated heterocycles. The number of hydrogen-bond acceptors (Lipinski definition) is 3. The first-order valence-corrected chi connectivity index (χ1v) is 7.54. The van der Waals surface area contributed by atoms with Crippen LogP contribution in [0.3, 0.4) is 0 Å². The summed E-state index contributed by atoms with van der Waals surface area (Å²) in [5.74, 6) is 0.902. The molecular weight excluding hydrogens is 226 g/mol. The lowest BCUT2D eigenvalue weighted by Gasteiger charge is -2.42. The van der Waals surface area contributed by atoms with Crippen LogP contribution in [0.1, 0.15) is 45.4 Å². The number of aliphatic hydroxyl groups excluding tert-OH is 1. The van der Waals surface area contributed by atoms with Crippen molar-refractivity contribution >= 4 is 0 Å². The molecule has 18 heavy (non-hydrogen) atoms. The highest BCUT2D eigenvalue weighted by molar-refractivity contribution is 4.87. The zero-order valence-electron chi connectivity index (χ0n) is 12.0. The minimum atomic E-state index is -0.00391. The van der Waals surface area contributed by atoms with Gasteiger partial charge in [-0.15, -0.1) is 0 Å². The zero-order valence-corrected chi connectivity index (χ0v) is 12.0. The summed E-state index contributed by atoms with van der Waals surface area (Å²) in [5.41, 5.74) is -0.00391.